The zero-order valence-corrected chi connectivity index (χ0v) is 24.4. The molecule has 12 heteroatoms. The van der Waals surface area contributed by atoms with Gasteiger partial charge in [-0.05, 0) is 74.5 Å². The van der Waals surface area contributed by atoms with Gasteiger partial charge in [-0.1, -0.05) is 42.5 Å². The van der Waals surface area contributed by atoms with Crippen LogP contribution in [0.4, 0.5) is 0 Å². The van der Waals surface area contributed by atoms with Gasteiger partial charge < -0.3 is 30.6 Å². The van der Waals surface area contributed by atoms with Gasteiger partial charge in [-0.15, -0.1) is 0 Å². The van der Waals surface area contributed by atoms with Gasteiger partial charge in [0.25, 0.3) is 0 Å². The van der Waals surface area contributed by atoms with E-state index < -0.39 is 17.9 Å². The minimum absolute atomic E-state index is 0. The van der Waals surface area contributed by atoms with Crippen molar-refractivity contribution in [1.82, 2.24) is 9.88 Å². The van der Waals surface area contributed by atoms with Crippen LogP contribution in [0.25, 0.3) is 0 Å². The van der Waals surface area contributed by atoms with Gasteiger partial charge in [0.1, 0.15) is 22.8 Å². The maximum Gasteiger partial charge on any atom is 2.00 e. The van der Waals surface area contributed by atoms with E-state index >= 15 is 0 Å². The molecule has 3 aromatic carbocycles. The van der Waals surface area contributed by atoms with Gasteiger partial charge in [0, 0.05) is 28.0 Å². The predicted molar refractivity (Wildman–Crippen MR) is 156 cm³/mol. The van der Waals surface area contributed by atoms with E-state index in [1.807, 2.05) is 18.5 Å². The molecule has 0 spiro atoms. The monoisotopic (exact) mass is 633 g/mol. The molecule has 11 nitrogen and oxygen atoms in total. The molecule has 1 fully saturated rings. The number of aromatic hydroxyl groups is 3. The molecule has 4 aromatic rings. The molecule has 0 amide bonds. The Labute approximate surface area is 258 Å². The normalized spacial score (nSPS) is 13.3. The Morgan fingerprint density at radius 2 is 1.19 bits per heavy atom. The van der Waals surface area contributed by atoms with Crippen LogP contribution in [0.5, 0.6) is 17.2 Å². The number of benzene rings is 3. The molecule has 43 heavy (non-hydrogen) atoms. The first-order valence-corrected chi connectivity index (χ1v) is 12.7. The number of aromatic carboxylic acids is 1. The summed E-state index contributed by atoms with van der Waals surface area (Å²) in [7, 11) is 2.19. The van der Waals surface area contributed by atoms with Crippen molar-refractivity contribution >= 4 is 17.9 Å². The van der Waals surface area contributed by atoms with Crippen LogP contribution in [0.1, 0.15) is 55.5 Å². The number of pyridine rings is 1. The summed E-state index contributed by atoms with van der Waals surface area (Å²) >= 11 is 0. The molecule has 1 aliphatic heterocycles. The number of para-hydroxylation sites is 3. The summed E-state index contributed by atoms with van der Waals surface area (Å²) in [5, 5.41) is 48.5. The number of nitrogens with zero attached hydrogens (tertiary/aromatic N) is 2. The molecule has 1 radical (unpaired) electrons. The predicted octanol–water partition coefficient (Wildman–Crippen LogP) is 3.45. The van der Waals surface area contributed by atoms with Gasteiger partial charge in [-0.25, -0.2) is 4.79 Å². The average molecular weight is 634 g/mol. The van der Waals surface area contributed by atoms with E-state index in [0.717, 1.165) is 0 Å². The minimum atomic E-state index is -1.11. The summed E-state index contributed by atoms with van der Waals surface area (Å²) in [6.45, 7) is 1.22. The first kappa shape index (κ1) is 36.1. The van der Waals surface area contributed by atoms with Crippen LogP contribution >= 0.6 is 0 Å². The third kappa shape index (κ3) is 11.9. The number of phenols is 3. The molecule has 5 rings (SSSR count). The van der Waals surface area contributed by atoms with Crippen LogP contribution in [-0.2, 0) is 17.1 Å². The third-order valence-electron chi connectivity index (χ3n) is 6.02. The van der Waals surface area contributed by atoms with Crippen molar-refractivity contribution in [2.24, 2.45) is 0 Å². The molecule has 2 heterocycles. The molecule has 0 aliphatic carbocycles. The van der Waals surface area contributed by atoms with E-state index in [1.165, 1.54) is 61.3 Å². The second-order valence-corrected chi connectivity index (χ2v) is 8.94. The second-order valence-electron chi connectivity index (χ2n) is 8.94. The van der Waals surface area contributed by atoms with Crippen LogP contribution in [0.15, 0.2) is 97.3 Å². The number of carbonyl (C=O) groups is 3. The van der Waals surface area contributed by atoms with Gasteiger partial charge in [0.05, 0.1) is 0 Å². The van der Waals surface area contributed by atoms with Crippen molar-refractivity contribution in [3.63, 3.8) is 0 Å². The smallest absolute Gasteiger partial charge is 0.561 e. The molecule has 1 saturated heterocycles. The van der Waals surface area contributed by atoms with E-state index in [1.54, 1.807) is 36.4 Å². The van der Waals surface area contributed by atoms with Crippen LogP contribution in [-0.4, -0.2) is 72.0 Å². The Morgan fingerprint density at radius 1 is 0.744 bits per heavy atom. The van der Waals surface area contributed by atoms with Crippen molar-refractivity contribution in [1.29, 1.82) is 0 Å². The summed E-state index contributed by atoms with van der Waals surface area (Å²) in [6, 6.07) is 22.6. The quantitative estimate of drug-likeness (QED) is 0.192. The van der Waals surface area contributed by atoms with Crippen LogP contribution in [0.2, 0.25) is 0 Å². The van der Waals surface area contributed by atoms with Crippen LogP contribution in [0, 0.1) is 0 Å². The summed E-state index contributed by atoms with van der Waals surface area (Å²) in [5.41, 5.74) is 1.38. The van der Waals surface area contributed by atoms with E-state index in [-0.39, 0.29) is 51.0 Å². The Bertz CT molecular complexity index is 1340. The number of carboxylic acids is 1. The van der Waals surface area contributed by atoms with Gasteiger partial charge in [-0.3, -0.25) is 9.88 Å². The number of carbonyl (C=O) groups excluding carboxylic acids is 2. The molecule has 0 bridgehead atoms. The number of likely N-dealkylation sites (tertiary alicyclic amines) is 1. The van der Waals surface area contributed by atoms with E-state index in [4.69, 9.17) is 30.6 Å². The van der Waals surface area contributed by atoms with Gasteiger partial charge in [-0.2, -0.15) is 0 Å². The molecule has 1 aliphatic rings. The van der Waals surface area contributed by atoms with Crippen LogP contribution in [0.3, 0.4) is 0 Å². The molecule has 0 saturated carbocycles. The first-order valence-electron chi connectivity index (χ1n) is 12.7. The number of phenolic OH excluding ortho intramolecular Hbond substituents is 2. The fraction of sp³-hybridized carbons (Fsp3) is 0.161. The van der Waals surface area contributed by atoms with Crippen LogP contribution < -0.4 is 0 Å². The van der Waals surface area contributed by atoms with E-state index in [0.29, 0.717) is 6.04 Å². The van der Waals surface area contributed by atoms with Crippen molar-refractivity contribution in [3.8, 4) is 17.2 Å². The first-order chi connectivity index (χ1) is 20.0. The Morgan fingerprint density at radius 3 is 1.47 bits per heavy atom. The summed E-state index contributed by atoms with van der Waals surface area (Å²) < 4.78 is 0. The van der Waals surface area contributed by atoms with Gasteiger partial charge in [0.15, 0.2) is 11.1 Å². The van der Waals surface area contributed by atoms with Crippen molar-refractivity contribution in [2.45, 2.75) is 18.9 Å². The molecule has 225 valence electrons. The maximum atomic E-state index is 10.4. The Kier molecular flexibility index (Phi) is 15.6. The van der Waals surface area contributed by atoms with Gasteiger partial charge in [0.2, 0.25) is 0 Å². The Hall–Kier alpha value is -4.90. The number of carboxylic acid groups (broad SMARTS) is 1. The molecule has 8 N–H and O–H groups in total. The van der Waals surface area contributed by atoms with Crippen molar-refractivity contribution in [3.05, 3.63) is 120 Å². The molecular weight excluding hydrogens is 599 g/mol. The fourth-order valence-electron chi connectivity index (χ4n) is 3.89. The second kappa shape index (κ2) is 18.5. The number of rotatable bonds is 4. The average Bonchev–Trinajstić information content (AvgIpc) is 3.40. The van der Waals surface area contributed by atoms with E-state index in [9.17, 15) is 14.4 Å². The summed E-state index contributed by atoms with van der Waals surface area (Å²) in [4.78, 5) is 37.5. The zero-order valence-electron chi connectivity index (χ0n) is 23.2. The summed E-state index contributed by atoms with van der Waals surface area (Å²) in [5.74, 6) is -3.31. The van der Waals surface area contributed by atoms with Crippen molar-refractivity contribution < 1.29 is 62.1 Å². The number of hydrogen-bond acceptors (Lipinski definition) is 8. The third-order valence-corrected chi connectivity index (χ3v) is 6.02. The topological polar surface area (TPSA) is 194 Å². The standard InChI is InChI=1S/C10H14N2.3C7H6O3.Mn/c1-12-7-3-5-10(12)9-4-2-6-11-8-9;3*8-6-4-2-1-3-5(6)7(9)10;/h2,4,6,8,10H,3,5,7H2,1H3;3*1-4,8H,(H,9,10);/q;;;;+2/p+2/t10-;;;;/m0..../s1. The van der Waals surface area contributed by atoms with E-state index in [2.05, 4.69) is 23.0 Å². The molecular formula is C31H34MnN2O9+4. The largest absolute Gasteiger partial charge is 2.00 e. The Balaban J connectivity index is 0.000000286. The maximum absolute atomic E-state index is 10.4. The van der Waals surface area contributed by atoms with Gasteiger partial charge >= 0.3 is 35.0 Å². The number of hydrogen-bond donors (Lipinski definition) is 4. The molecule has 1 atom stereocenters. The summed E-state index contributed by atoms with van der Waals surface area (Å²) in [6.07, 6.45) is 6.41. The molecule has 0 unspecified atom stereocenters. The molecule has 1 aromatic heterocycles. The number of aromatic nitrogens is 1. The SMILES string of the molecule is CN1CCC[C@H]1c1cccnc1.O=C(O)c1ccccc1O.O=C([OH2+])c1ccccc1O.O=C([OH2+])c1ccccc1O.[Mn+2]. The van der Waals surface area contributed by atoms with Crippen molar-refractivity contribution in [2.75, 3.05) is 13.6 Å². The zero-order chi connectivity index (χ0) is 31.1. The minimum Gasteiger partial charge on any atom is -0.561 e. The fourth-order valence-corrected chi connectivity index (χ4v) is 3.89.